The maximum atomic E-state index is 13.6. The Morgan fingerprint density at radius 1 is 1.22 bits per heavy atom. The molecule has 1 saturated heterocycles. The van der Waals surface area contributed by atoms with E-state index in [0.717, 1.165) is 42.5 Å². The first-order valence-corrected chi connectivity index (χ1v) is 13.0. The Bertz CT molecular complexity index is 1130. The summed E-state index contributed by atoms with van der Waals surface area (Å²) in [6.07, 6.45) is 9.07. The first-order chi connectivity index (χ1) is 17.4. The molecule has 190 valence electrons. The van der Waals surface area contributed by atoms with Gasteiger partial charge in [0, 0.05) is 23.7 Å². The Hall–Kier alpha value is -3.22. The smallest absolute Gasteiger partial charge is 0.407 e. The van der Waals surface area contributed by atoms with Crippen LogP contribution in [0, 0.1) is 35.4 Å². The average Bonchev–Trinajstić information content (AvgIpc) is 3.15. The largest absolute Gasteiger partial charge is 0.462 e. The van der Waals surface area contributed by atoms with Crippen molar-refractivity contribution in [3.63, 3.8) is 0 Å². The molecule has 2 saturated carbocycles. The molecule has 0 unspecified atom stereocenters. The van der Waals surface area contributed by atoms with Crippen LogP contribution in [0.5, 0.6) is 0 Å². The first-order valence-electron chi connectivity index (χ1n) is 13.0. The number of amides is 1. The van der Waals surface area contributed by atoms with E-state index >= 15 is 0 Å². The molecular weight excluding hydrogens is 459 g/mol. The summed E-state index contributed by atoms with van der Waals surface area (Å²) in [5.41, 5.74) is 2.48. The summed E-state index contributed by atoms with van der Waals surface area (Å²) in [6, 6.07) is 10.4. The second-order valence-electron chi connectivity index (χ2n) is 10.3. The normalized spacial score (nSPS) is 31.4. The number of alkyl carbamates (subject to hydrolysis) is 1. The highest BCUT2D eigenvalue weighted by atomic mass is 19.1. The summed E-state index contributed by atoms with van der Waals surface area (Å²) < 4.78 is 24.3. The van der Waals surface area contributed by atoms with Crippen molar-refractivity contribution >= 4 is 18.1 Å². The van der Waals surface area contributed by atoms with Crippen LogP contribution in [-0.2, 0) is 14.3 Å². The highest BCUT2D eigenvalue weighted by Gasteiger charge is 2.54. The predicted octanol–water partition coefficient (Wildman–Crippen LogP) is 5.63. The van der Waals surface area contributed by atoms with Crippen molar-refractivity contribution in [1.82, 2.24) is 10.3 Å². The Labute approximate surface area is 211 Å². The SMILES string of the molecule is CCOC(=O)N[C@H]1CC[C@@H]2[C@H](C1)C[C@@H]1C(=O)O[C@H](C)[C@@H]1[C@H]2/C=C/c1ccc(-c2cccc(F)c2)cn1. The van der Waals surface area contributed by atoms with Crippen LogP contribution in [0.3, 0.4) is 0 Å². The number of carbonyl (C=O) groups is 2. The van der Waals surface area contributed by atoms with Crippen LogP contribution in [-0.4, -0.2) is 35.8 Å². The van der Waals surface area contributed by atoms with Crippen molar-refractivity contribution in [2.24, 2.45) is 29.6 Å². The number of nitrogens with zero attached hydrogens (tertiary/aromatic N) is 1. The fraction of sp³-hybridized carbons (Fsp3) is 0.483. The number of carbonyl (C=O) groups excluding carboxylic acids is 2. The number of nitrogens with one attached hydrogen (secondary N) is 1. The molecule has 3 fully saturated rings. The molecule has 1 aliphatic heterocycles. The summed E-state index contributed by atoms with van der Waals surface area (Å²) in [6.45, 7) is 4.15. The van der Waals surface area contributed by atoms with Gasteiger partial charge in [0.25, 0.3) is 0 Å². The van der Waals surface area contributed by atoms with Gasteiger partial charge in [-0.25, -0.2) is 9.18 Å². The van der Waals surface area contributed by atoms with Crippen LogP contribution in [0.1, 0.15) is 45.2 Å². The first kappa shape index (κ1) is 24.5. The molecule has 0 radical (unpaired) electrons. The van der Waals surface area contributed by atoms with E-state index in [-0.39, 0.29) is 47.8 Å². The monoisotopic (exact) mass is 492 g/mol. The van der Waals surface area contributed by atoms with Gasteiger partial charge in [0.1, 0.15) is 11.9 Å². The minimum Gasteiger partial charge on any atom is -0.462 e. The summed E-state index contributed by atoms with van der Waals surface area (Å²) >= 11 is 0. The second-order valence-corrected chi connectivity index (χ2v) is 10.3. The highest BCUT2D eigenvalue weighted by Crippen LogP contribution is 2.53. The number of cyclic esters (lactones) is 1. The van der Waals surface area contributed by atoms with Gasteiger partial charge < -0.3 is 14.8 Å². The lowest BCUT2D eigenvalue weighted by Gasteiger charge is -2.47. The third kappa shape index (κ3) is 5.01. The number of fused-ring (bicyclic) bond motifs is 2. The van der Waals surface area contributed by atoms with Crippen molar-refractivity contribution < 1.29 is 23.5 Å². The number of rotatable bonds is 5. The number of halogens is 1. The maximum Gasteiger partial charge on any atom is 0.407 e. The number of aromatic nitrogens is 1. The van der Waals surface area contributed by atoms with Gasteiger partial charge in [-0.1, -0.05) is 24.3 Å². The highest BCUT2D eigenvalue weighted by molar-refractivity contribution is 5.75. The molecule has 0 bridgehead atoms. The van der Waals surface area contributed by atoms with Gasteiger partial charge in [0.15, 0.2) is 0 Å². The summed E-state index contributed by atoms with van der Waals surface area (Å²) in [5.74, 6) is 0.629. The summed E-state index contributed by atoms with van der Waals surface area (Å²) in [7, 11) is 0. The van der Waals surface area contributed by atoms with Gasteiger partial charge in [-0.2, -0.15) is 0 Å². The van der Waals surface area contributed by atoms with E-state index in [9.17, 15) is 14.0 Å². The molecule has 1 aromatic heterocycles. The molecule has 3 aliphatic rings. The Balaban J connectivity index is 1.34. The average molecular weight is 493 g/mol. The van der Waals surface area contributed by atoms with Crippen molar-refractivity contribution in [2.75, 3.05) is 6.61 Å². The lowest BCUT2D eigenvalue weighted by Crippen LogP contribution is -2.48. The second kappa shape index (κ2) is 10.4. The van der Waals surface area contributed by atoms with Crippen molar-refractivity contribution in [3.05, 3.63) is 60.2 Å². The number of allylic oxidation sites excluding steroid dienone is 1. The summed E-state index contributed by atoms with van der Waals surface area (Å²) in [4.78, 5) is 29.2. The van der Waals surface area contributed by atoms with E-state index < -0.39 is 0 Å². The van der Waals surface area contributed by atoms with E-state index in [2.05, 4.69) is 16.4 Å². The molecule has 2 aliphatic carbocycles. The van der Waals surface area contributed by atoms with Gasteiger partial charge in [-0.05, 0) is 87.1 Å². The third-order valence-electron chi connectivity index (χ3n) is 8.18. The molecule has 0 spiro atoms. The fourth-order valence-corrected chi connectivity index (χ4v) is 6.64. The zero-order chi connectivity index (χ0) is 25.2. The van der Waals surface area contributed by atoms with Gasteiger partial charge in [-0.3, -0.25) is 9.78 Å². The Morgan fingerprint density at radius 3 is 2.83 bits per heavy atom. The van der Waals surface area contributed by atoms with Crippen LogP contribution < -0.4 is 5.32 Å². The molecule has 7 atom stereocenters. The number of pyridine rings is 1. The molecule has 7 heteroatoms. The van der Waals surface area contributed by atoms with Gasteiger partial charge >= 0.3 is 12.1 Å². The number of hydrogen-bond acceptors (Lipinski definition) is 5. The van der Waals surface area contributed by atoms with Gasteiger partial charge in [0.05, 0.1) is 18.2 Å². The van der Waals surface area contributed by atoms with Crippen molar-refractivity contribution in [1.29, 1.82) is 0 Å². The van der Waals surface area contributed by atoms with Crippen LogP contribution in [0.15, 0.2) is 48.7 Å². The molecule has 2 aromatic rings. The predicted molar refractivity (Wildman–Crippen MR) is 134 cm³/mol. The lowest BCUT2D eigenvalue weighted by molar-refractivity contribution is -0.144. The zero-order valence-corrected chi connectivity index (χ0v) is 20.7. The standard InChI is InChI=1S/C29H33FN2O4/c1-3-35-29(34)32-23-10-11-24-20(14-23)15-26-27(17(2)36-28(26)33)25(24)12-9-22-8-7-19(16-31-22)18-5-4-6-21(30)13-18/h4-9,12-13,16-17,20,23-27H,3,10-11,14-15H2,1-2H3,(H,32,34)/b12-9+/t17-,20-,23+,24-,25+,26+,27-/m1/s1. The van der Waals surface area contributed by atoms with E-state index in [1.54, 1.807) is 19.2 Å². The molecule has 2 heterocycles. The van der Waals surface area contributed by atoms with Crippen LogP contribution in [0.25, 0.3) is 17.2 Å². The fourth-order valence-electron chi connectivity index (χ4n) is 6.64. The van der Waals surface area contributed by atoms with E-state index in [1.165, 1.54) is 12.1 Å². The van der Waals surface area contributed by atoms with Gasteiger partial charge in [-0.15, -0.1) is 0 Å². The molecule has 1 N–H and O–H groups in total. The van der Waals surface area contributed by atoms with E-state index in [0.29, 0.717) is 18.4 Å². The molecule has 36 heavy (non-hydrogen) atoms. The Kier molecular flexibility index (Phi) is 7.08. The quantitative estimate of drug-likeness (QED) is 0.548. The van der Waals surface area contributed by atoms with Crippen LogP contribution in [0.4, 0.5) is 9.18 Å². The van der Waals surface area contributed by atoms with Crippen LogP contribution in [0.2, 0.25) is 0 Å². The van der Waals surface area contributed by atoms with Gasteiger partial charge in [0.2, 0.25) is 0 Å². The number of ether oxygens (including phenoxy) is 2. The molecule has 1 aromatic carbocycles. The Morgan fingerprint density at radius 2 is 2.08 bits per heavy atom. The molecule has 6 nitrogen and oxygen atoms in total. The number of esters is 1. The minimum absolute atomic E-state index is 0.0679. The molecular formula is C29H33FN2O4. The topological polar surface area (TPSA) is 77.5 Å². The van der Waals surface area contributed by atoms with Crippen molar-refractivity contribution in [2.45, 2.75) is 51.7 Å². The van der Waals surface area contributed by atoms with E-state index in [1.807, 2.05) is 31.2 Å². The number of benzene rings is 1. The zero-order valence-electron chi connectivity index (χ0n) is 20.7. The molecule has 1 amide bonds. The molecule has 5 rings (SSSR count). The third-order valence-corrected chi connectivity index (χ3v) is 8.18. The lowest BCUT2D eigenvalue weighted by atomic mass is 9.57. The summed E-state index contributed by atoms with van der Waals surface area (Å²) in [5, 5.41) is 3.00. The minimum atomic E-state index is -0.368. The van der Waals surface area contributed by atoms with Crippen LogP contribution >= 0.6 is 0 Å². The number of hydrogen-bond donors (Lipinski definition) is 1. The maximum absolute atomic E-state index is 13.6. The van der Waals surface area contributed by atoms with E-state index in [4.69, 9.17) is 9.47 Å². The van der Waals surface area contributed by atoms with Crippen molar-refractivity contribution in [3.8, 4) is 11.1 Å².